The average molecular weight is 268 g/mol. The molecule has 2 rings (SSSR count). The number of rotatable bonds is 4. The van der Waals surface area contributed by atoms with E-state index in [1.54, 1.807) is 12.1 Å². The number of nitrogens with zero attached hydrogens (tertiary/aromatic N) is 3. The lowest BCUT2D eigenvalue weighted by molar-refractivity contribution is 0.232. The van der Waals surface area contributed by atoms with Crippen LogP contribution in [0.15, 0.2) is 12.1 Å². The van der Waals surface area contributed by atoms with E-state index >= 15 is 0 Å². The first-order chi connectivity index (χ1) is 8.52. The van der Waals surface area contributed by atoms with Crippen molar-refractivity contribution in [2.45, 2.75) is 26.9 Å². The van der Waals surface area contributed by atoms with Crippen molar-refractivity contribution in [3.8, 4) is 5.88 Å². The van der Waals surface area contributed by atoms with Gasteiger partial charge in [0.2, 0.25) is 11.2 Å². The van der Waals surface area contributed by atoms with Gasteiger partial charge in [-0.2, -0.15) is 5.10 Å². The minimum atomic E-state index is 0.0917. The summed E-state index contributed by atoms with van der Waals surface area (Å²) in [4.78, 5) is 8.03. The summed E-state index contributed by atoms with van der Waals surface area (Å²) in [7, 11) is 0. The first kappa shape index (κ1) is 12.6. The highest BCUT2D eigenvalue weighted by atomic mass is 35.5. The Kier molecular flexibility index (Phi) is 3.66. The van der Waals surface area contributed by atoms with Gasteiger partial charge in [-0.1, -0.05) is 0 Å². The van der Waals surface area contributed by atoms with Gasteiger partial charge in [0.05, 0.1) is 6.10 Å². The van der Waals surface area contributed by atoms with Gasteiger partial charge < -0.3 is 10.1 Å². The summed E-state index contributed by atoms with van der Waals surface area (Å²) >= 11 is 5.78. The second-order valence-corrected chi connectivity index (χ2v) is 4.41. The Morgan fingerprint density at radius 2 is 2.06 bits per heavy atom. The van der Waals surface area contributed by atoms with Gasteiger partial charge >= 0.3 is 0 Å². The lowest BCUT2D eigenvalue weighted by Crippen LogP contribution is -2.05. The van der Waals surface area contributed by atoms with Crippen LogP contribution in [0.1, 0.15) is 19.5 Å². The molecule has 0 aliphatic heterocycles. The molecule has 0 atom stereocenters. The van der Waals surface area contributed by atoms with E-state index in [9.17, 15) is 0 Å². The molecule has 0 aliphatic rings. The van der Waals surface area contributed by atoms with E-state index in [-0.39, 0.29) is 11.4 Å². The molecule has 2 aromatic rings. The number of hydrogen-bond donors (Lipinski definition) is 2. The fraction of sp³-hybridized carbons (Fsp3) is 0.364. The van der Waals surface area contributed by atoms with E-state index in [0.29, 0.717) is 17.5 Å². The molecule has 0 unspecified atom stereocenters. The lowest BCUT2D eigenvalue weighted by Gasteiger charge is -2.05. The second-order valence-electron chi connectivity index (χ2n) is 4.07. The first-order valence-electron chi connectivity index (χ1n) is 5.53. The quantitative estimate of drug-likeness (QED) is 0.833. The number of nitrogens with one attached hydrogen (secondary N) is 2. The molecule has 0 fully saturated rings. The smallest absolute Gasteiger partial charge is 0.224 e. The zero-order valence-corrected chi connectivity index (χ0v) is 11.1. The number of aromatic nitrogens is 4. The first-order valence-corrected chi connectivity index (χ1v) is 5.91. The summed E-state index contributed by atoms with van der Waals surface area (Å²) in [6, 6.07) is 3.54. The van der Waals surface area contributed by atoms with E-state index in [1.165, 1.54) is 0 Å². The monoisotopic (exact) mass is 267 g/mol. The summed E-state index contributed by atoms with van der Waals surface area (Å²) in [5.74, 6) is 1.80. The molecule has 96 valence electrons. The van der Waals surface area contributed by atoms with E-state index in [4.69, 9.17) is 16.3 Å². The molecule has 2 N–H and O–H groups in total. The van der Waals surface area contributed by atoms with Gasteiger partial charge in [-0.3, -0.25) is 0 Å². The number of halogens is 1. The van der Waals surface area contributed by atoms with Gasteiger partial charge in [-0.05, 0) is 32.4 Å². The zero-order valence-electron chi connectivity index (χ0n) is 10.4. The van der Waals surface area contributed by atoms with E-state index in [2.05, 4.69) is 25.5 Å². The third-order valence-corrected chi connectivity index (χ3v) is 2.17. The Balaban J connectivity index is 2.11. The Labute approximate surface area is 110 Å². The van der Waals surface area contributed by atoms with Crippen LogP contribution in [0.3, 0.4) is 0 Å². The normalized spacial score (nSPS) is 10.7. The standard InChI is InChI=1S/C11H14ClN5O/c1-6(2)18-10-5-9(16-17-10)14-8-4-7(3)13-11(12)15-8/h4-6H,1-3H3,(H2,13,14,15,16,17). The highest BCUT2D eigenvalue weighted by molar-refractivity contribution is 6.28. The van der Waals surface area contributed by atoms with Crippen LogP contribution in [0.2, 0.25) is 5.28 Å². The van der Waals surface area contributed by atoms with Crippen molar-refractivity contribution in [2.24, 2.45) is 0 Å². The predicted molar refractivity (Wildman–Crippen MR) is 69.4 cm³/mol. The van der Waals surface area contributed by atoms with Crippen LogP contribution in [0, 0.1) is 6.92 Å². The molecule has 0 spiro atoms. The minimum Gasteiger partial charge on any atom is -0.475 e. The Hall–Kier alpha value is -1.82. The van der Waals surface area contributed by atoms with Crippen LogP contribution in [-0.2, 0) is 0 Å². The number of hydrogen-bond acceptors (Lipinski definition) is 5. The topological polar surface area (TPSA) is 75.7 Å². The SMILES string of the molecule is Cc1cc(Nc2cc(OC(C)C)[nH]n2)nc(Cl)n1. The van der Waals surface area contributed by atoms with Gasteiger partial charge in [-0.25, -0.2) is 15.1 Å². The number of H-pyrrole nitrogens is 1. The predicted octanol–water partition coefficient (Wildman–Crippen LogP) is 2.69. The number of aryl methyl sites for hydroxylation is 1. The van der Waals surface area contributed by atoms with Gasteiger partial charge in [0.15, 0.2) is 5.82 Å². The summed E-state index contributed by atoms with van der Waals surface area (Å²) in [6.07, 6.45) is 0.0917. The lowest BCUT2D eigenvalue weighted by atomic mass is 10.4. The molecular weight excluding hydrogens is 254 g/mol. The Bertz CT molecular complexity index is 520. The Morgan fingerprint density at radius 3 is 2.72 bits per heavy atom. The molecule has 0 saturated heterocycles. The Morgan fingerprint density at radius 1 is 1.28 bits per heavy atom. The van der Waals surface area contributed by atoms with Crippen LogP contribution >= 0.6 is 11.6 Å². The van der Waals surface area contributed by atoms with Crippen molar-refractivity contribution in [3.05, 3.63) is 23.1 Å². The highest BCUT2D eigenvalue weighted by Gasteiger charge is 2.06. The zero-order chi connectivity index (χ0) is 13.1. The van der Waals surface area contributed by atoms with E-state index in [0.717, 1.165) is 5.69 Å². The van der Waals surface area contributed by atoms with Crippen LogP contribution in [-0.4, -0.2) is 26.3 Å². The summed E-state index contributed by atoms with van der Waals surface area (Å²) in [5.41, 5.74) is 0.784. The van der Waals surface area contributed by atoms with Crippen LogP contribution < -0.4 is 10.1 Å². The minimum absolute atomic E-state index is 0.0917. The largest absolute Gasteiger partial charge is 0.475 e. The third-order valence-electron chi connectivity index (χ3n) is 2.00. The van der Waals surface area contributed by atoms with Crippen molar-refractivity contribution in [1.82, 2.24) is 20.2 Å². The molecule has 0 amide bonds. The average Bonchev–Trinajstić information content (AvgIpc) is 2.62. The summed E-state index contributed by atoms with van der Waals surface area (Å²) < 4.78 is 5.46. The fourth-order valence-corrected chi connectivity index (χ4v) is 1.63. The van der Waals surface area contributed by atoms with Crippen molar-refractivity contribution < 1.29 is 4.74 Å². The molecule has 0 aromatic carbocycles. The molecule has 0 saturated carbocycles. The van der Waals surface area contributed by atoms with Gasteiger partial charge in [0, 0.05) is 17.8 Å². The summed E-state index contributed by atoms with van der Waals surface area (Å²) in [5, 5.41) is 10.1. The fourth-order valence-electron chi connectivity index (χ4n) is 1.41. The number of anilines is 2. The molecular formula is C11H14ClN5O. The molecule has 2 heterocycles. The molecule has 0 radical (unpaired) electrons. The van der Waals surface area contributed by atoms with Crippen molar-refractivity contribution in [1.29, 1.82) is 0 Å². The maximum atomic E-state index is 5.78. The molecule has 7 heteroatoms. The molecule has 0 bridgehead atoms. The van der Waals surface area contributed by atoms with Gasteiger partial charge in [0.25, 0.3) is 0 Å². The summed E-state index contributed by atoms with van der Waals surface area (Å²) in [6.45, 7) is 5.74. The van der Waals surface area contributed by atoms with E-state index < -0.39 is 0 Å². The molecule has 2 aromatic heterocycles. The second kappa shape index (κ2) is 5.22. The molecule has 6 nitrogen and oxygen atoms in total. The van der Waals surface area contributed by atoms with Crippen molar-refractivity contribution in [3.63, 3.8) is 0 Å². The van der Waals surface area contributed by atoms with Crippen LogP contribution in [0.25, 0.3) is 0 Å². The third kappa shape index (κ3) is 3.33. The van der Waals surface area contributed by atoms with Crippen molar-refractivity contribution in [2.75, 3.05) is 5.32 Å². The molecule has 0 aliphatic carbocycles. The highest BCUT2D eigenvalue weighted by Crippen LogP contribution is 2.19. The van der Waals surface area contributed by atoms with Gasteiger partial charge in [-0.15, -0.1) is 0 Å². The van der Waals surface area contributed by atoms with Crippen LogP contribution in [0.4, 0.5) is 11.6 Å². The van der Waals surface area contributed by atoms with Crippen LogP contribution in [0.5, 0.6) is 5.88 Å². The molecule has 18 heavy (non-hydrogen) atoms. The number of aromatic amines is 1. The van der Waals surface area contributed by atoms with Gasteiger partial charge in [0.1, 0.15) is 5.82 Å². The van der Waals surface area contributed by atoms with E-state index in [1.807, 2.05) is 20.8 Å². The maximum absolute atomic E-state index is 5.78. The maximum Gasteiger partial charge on any atom is 0.224 e. The number of ether oxygens (including phenoxy) is 1. The van der Waals surface area contributed by atoms with Crippen molar-refractivity contribution >= 4 is 23.2 Å².